The van der Waals surface area contributed by atoms with Crippen LogP contribution in [0.3, 0.4) is 0 Å². The molecule has 0 aliphatic carbocycles. The van der Waals surface area contributed by atoms with Gasteiger partial charge in [0.1, 0.15) is 18.2 Å². The number of aliphatic hydroxyl groups is 1. The van der Waals surface area contributed by atoms with E-state index in [-0.39, 0.29) is 17.5 Å². The Morgan fingerprint density at radius 1 is 1.36 bits per heavy atom. The number of thioether (sulfide) groups is 1. The number of ether oxygens (including phenoxy) is 2. The maximum Gasteiger partial charge on any atom is 0.330 e. The van der Waals surface area contributed by atoms with E-state index >= 15 is 4.39 Å². The van der Waals surface area contributed by atoms with Crippen LogP contribution in [0.2, 0.25) is 0 Å². The summed E-state index contributed by atoms with van der Waals surface area (Å²) in [5, 5.41) is 10.3. The van der Waals surface area contributed by atoms with Gasteiger partial charge in [-0.25, -0.2) is 14.3 Å². The van der Waals surface area contributed by atoms with Crippen molar-refractivity contribution >= 4 is 52.9 Å². The summed E-state index contributed by atoms with van der Waals surface area (Å²) in [6.45, 7) is 6.09. The van der Waals surface area contributed by atoms with Crippen LogP contribution >= 0.6 is 30.0 Å². The monoisotopic (exact) mass is 633 g/mol. The van der Waals surface area contributed by atoms with E-state index in [9.17, 15) is 24.3 Å². The van der Waals surface area contributed by atoms with Crippen molar-refractivity contribution in [2.75, 3.05) is 19.0 Å². The summed E-state index contributed by atoms with van der Waals surface area (Å²) in [7, 11) is 0. The van der Waals surface area contributed by atoms with E-state index in [1.54, 1.807) is 34.6 Å². The van der Waals surface area contributed by atoms with Crippen LogP contribution in [0.5, 0.6) is 0 Å². The average Bonchev–Trinajstić information content (AvgIpc) is 3.03. The van der Waals surface area contributed by atoms with Gasteiger partial charge >= 0.3 is 11.7 Å². The lowest BCUT2D eigenvalue weighted by molar-refractivity contribution is -0.149. The summed E-state index contributed by atoms with van der Waals surface area (Å²) in [6.07, 6.45) is -4.61. The molecule has 0 spiro atoms. The number of esters is 1. The molecule has 2 heterocycles. The molecule has 1 aliphatic rings. The van der Waals surface area contributed by atoms with Crippen LogP contribution in [0, 0.1) is 5.41 Å². The molecule has 3 N–H and O–H groups in total. The van der Waals surface area contributed by atoms with Gasteiger partial charge in [-0.3, -0.25) is 23.9 Å². The number of nitrogens with zero attached hydrogens (tertiary/aromatic N) is 1. The van der Waals surface area contributed by atoms with Crippen LogP contribution in [0.4, 0.5) is 4.39 Å². The first-order valence-corrected chi connectivity index (χ1v) is 15.9. The van der Waals surface area contributed by atoms with E-state index in [0.29, 0.717) is 4.57 Å². The lowest BCUT2D eigenvalue weighted by Gasteiger charge is -2.28. The van der Waals surface area contributed by atoms with Gasteiger partial charge in [0.25, 0.3) is 17.3 Å². The van der Waals surface area contributed by atoms with Gasteiger partial charge in [-0.15, -0.1) is 0 Å². The molecule has 0 amide bonds. The predicted molar refractivity (Wildman–Crippen MR) is 148 cm³/mol. The Kier molecular flexibility index (Phi) is 11.9. The summed E-state index contributed by atoms with van der Waals surface area (Å²) in [4.78, 5) is 50.0. The molecule has 1 saturated heterocycles. The number of rotatable bonds is 12. The van der Waals surface area contributed by atoms with Crippen LogP contribution in [0.25, 0.3) is 0 Å². The second-order valence-electron chi connectivity index (χ2n) is 10.0. The number of alkyl halides is 2. The lowest BCUT2D eigenvalue weighted by Crippen LogP contribution is -2.42. The molecule has 1 aliphatic heterocycles. The average molecular weight is 634 g/mol. The Hall–Kier alpha value is -1.16. The molecule has 2 rings (SSSR count). The van der Waals surface area contributed by atoms with Gasteiger partial charge in [0.05, 0.1) is 19.3 Å². The van der Waals surface area contributed by atoms with Gasteiger partial charge in [-0.05, 0) is 32.6 Å². The molecule has 1 aromatic rings. The Morgan fingerprint density at radius 3 is 2.56 bits per heavy atom. The van der Waals surface area contributed by atoms with Crippen molar-refractivity contribution in [1.29, 1.82) is 0 Å². The molecular weight excluding hydrogens is 600 g/mol. The van der Waals surface area contributed by atoms with Gasteiger partial charge in [0.2, 0.25) is 0 Å². The van der Waals surface area contributed by atoms with E-state index in [1.165, 1.54) is 6.92 Å². The standard InChI is InChI=1S/C22H34ClFN3O9PS2/c1-12(2)35-17(30)13(3)26-37(38,33-9-10-39-19(31)21(4,5)6)34-11-14-16(29)22(23,24)18(36-14)27-8-7-15(28)25-20(27)32/h7-8,12-14,16,18,29H,9-11H2,1-6H3,(H,26,38)(H,25,28,32)/t13-,14+,16+,18+,22+,37+/m0/s1. The van der Waals surface area contributed by atoms with Gasteiger partial charge in [0, 0.05) is 23.4 Å². The number of aromatic amines is 1. The van der Waals surface area contributed by atoms with E-state index in [1.807, 2.05) is 4.98 Å². The molecule has 222 valence electrons. The molecule has 39 heavy (non-hydrogen) atoms. The number of carbonyl (C=O) groups is 2. The zero-order chi connectivity index (χ0) is 29.8. The summed E-state index contributed by atoms with van der Waals surface area (Å²) in [5.41, 5.74) is -2.28. The number of nitrogens with one attached hydrogen (secondary N) is 2. The van der Waals surface area contributed by atoms with Crippen LogP contribution < -0.4 is 16.3 Å². The first-order chi connectivity index (χ1) is 17.9. The smallest absolute Gasteiger partial charge is 0.330 e. The maximum atomic E-state index is 15.3. The molecule has 1 fully saturated rings. The minimum atomic E-state index is -3.52. The zero-order valence-corrected chi connectivity index (χ0v) is 25.6. The molecular formula is C22H34ClFN3O9PS2. The lowest BCUT2D eigenvalue weighted by atomic mass is 10.00. The normalized spacial score (nSPS) is 25.8. The molecule has 17 heteroatoms. The van der Waals surface area contributed by atoms with Gasteiger partial charge < -0.3 is 23.6 Å². The van der Waals surface area contributed by atoms with Crippen molar-refractivity contribution in [1.82, 2.24) is 14.6 Å². The van der Waals surface area contributed by atoms with Crippen LogP contribution in [-0.2, 0) is 39.9 Å². The van der Waals surface area contributed by atoms with Crippen molar-refractivity contribution in [3.8, 4) is 0 Å². The second kappa shape index (κ2) is 13.7. The molecule has 6 atom stereocenters. The van der Waals surface area contributed by atoms with Crippen molar-refractivity contribution in [2.24, 2.45) is 5.41 Å². The quantitative estimate of drug-likeness (QED) is 0.134. The van der Waals surface area contributed by atoms with E-state index in [0.717, 1.165) is 24.0 Å². The highest BCUT2D eigenvalue weighted by molar-refractivity contribution is 8.13. The number of H-pyrrole nitrogens is 1. The number of aliphatic hydroxyl groups excluding tert-OH is 1. The minimum Gasteiger partial charge on any atom is -0.462 e. The molecule has 0 aromatic carbocycles. The third-order valence-corrected chi connectivity index (χ3v) is 9.46. The SMILES string of the molecule is CC(C)OC(=O)[C@H](C)N[P@@](=S)(OCCSC(=O)C(C)(C)C)OC[C@H]1O[C@@H](n2ccc(=O)[nH]c2=O)[C@@](F)(Cl)[C@@H]1O. The summed E-state index contributed by atoms with van der Waals surface area (Å²) >= 11 is 12.5. The molecule has 1 aromatic heterocycles. The Balaban J connectivity index is 2.16. The van der Waals surface area contributed by atoms with E-state index < -0.39 is 71.6 Å². The third kappa shape index (κ3) is 9.44. The number of aromatic nitrogens is 2. The summed E-state index contributed by atoms with van der Waals surface area (Å²) in [5.74, 6) is -0.388. The molecule has 0 radical (unpaired) electrons. The minimum absolute atomic E-state index is 0.0330. The molecule has 0 saturated carbocycles. The van der Waals surface area contributed by atoms with Crippen molar-refractivity contribution < 1.29 is 37.6 Å². The van der Waals surface area contributed by atoms with Gasteiger partial charge in [-0.2, -0.15) is 0 Å². The maximum absolute atomic E-state index is 15.3. The molecule has 12 nitrogen and oxygen atoms in total. The van der Waals surface area contributed by atoms with E-state index in [4.69, 9.17) is 41.9 Å². The fourth-order valence-corrected chi connectivity index (χ4v) is 6.70. The van der Waals surface area contributed by atoms with Crippen molar-refractivity contribution in [3.05, 3.63) is 33.1 Å². The predicted octanol–water partition coefficient (Wildman–Crippen LogP) is 2.19. The van der Waals surface area contributed by atoms with Gasteiger partial charge in [0.15, 0.2) is 11.3 Å². The highest BCUT2D eigenvalue weighted by Gasteiger charge is 2.58. The number of hydrogen-bond donors (Lipinski definition) is 3. The Bertz CT molecular complexity index is 1190. The van der Waals surface area contributed by atoms with Crippen molar-refractivity contribution in [2.45, 2.75) is 77.3 Å². The molecule has 0 bridgehead atoms. The number of carbonyl (C=O) groups excluding carboxylic acids is 2. The largest absolute Gasteiger partial charge is 0.462 e. The fourth-order valence-electron chi connectivity index (χ4n) is 3.13. The second-order valence-corrected chi connectivity index (χ2v) is 14.9. The summed E-state index contributed by atoms with van der Waals surface area (Å²) < 4.78 is 38.2. The highest BCUT2D eigenvalue weighted by atomic mass is 35.5. The van der Waals surface area contributed by atoms with Crippen LogP contribution in [0.15, 0.2) is 21.9 Å². The fraction of sp³-hybridized carbons (Fsp3) is 0.727. The van der Waals surface area contributed by atoms with Crippen molar-refractivity contribution in [3.63, 3.8) is 0 Å². The number of halogens is 2. The highest BCUT2D eigenvalue weighted by Crippen LogP contribution is 2.48. The Labute approximate surface area is 239 Å². The topological polar surface area (TPSA) is 158 Å². The van der Waals surface area contributed by atoms with Crippen LogP contribution in [-0.4, -0.2) is 74.2 Å². The third-order valence-electron chi connectivity index (χ3n) is 5.14. The molecule has 0 unspecified atom stereocenters. The Morgan fingerprint density at radius 2 is 2.00 bits per heavy atom. The first-order valence-electron chi connectivity index (χ1n) is 11.9. The van der Waals surface area contributed by atoms with Crippen LogP contribution in [0.1, 0.15) is 47.8 Å². The van der Waals surface area contributed by atoms with E-state index in [2.05, 4.69) is 5.09 Å². The zero-order valence-electron chi connectivity index (χ0n) is 22.3. The number of hydrogen-bond acceptors (Lipinski definition) is 11. The first kappa shape index (κ1) is 34.0. The van der Waals surface area contributed by atoms with Gasteiger partial charge in [-0.1, -0.05) is 44.1 Å². The summed E-state index contributed by atoms with van der Waals surface area (Å²) in [6, 6.07) is 0.00297.